The predicted molar refractivity (Wildman–Crippen MR) is 67.4 cm³/mol. The van der Waals surface area contributed by atoms with Crippen LogP contribution in [-0.2, 0) is 6.54 Å². The van der Waals surface area contributed by atoms with Crippen LogP contribution in [0.15, 0.2) is 12.3 Å². The second-order valence-corrected chi connectivity index (χ2v) is 3.80. The highest BCUT2D eigenvalue weighted by atomic mass is 16.6. The molecule has 0 aliphatic carbocycles. The van der Waals surface area contributed by atoms with Gasteiger partial charge in [0, 0.05) is 32.2 Å². The number of nitro groups is 1. The van der Waals surface area contributed by atoms with E-state index in [4.69, 9.17) is 5.73 Å². The number of amides is 1. The Kier molecular flexibility index (Phi) is 4.85. The highest BCUT2D eigenvalue weighted by Crippen LogP contribution is 2.18. The lowest BCUT2D eigenvalue weighted by atomic mass is 10.3. The lowest BCUT2D eigenvalue weighted by molar-refractivity contribution is -0.384. The number of nitrogens with two attached hydrogens (primary N) is 1. The molecule has 0 aliphatic heterocycles. The van der Waals surface area contributed by atoms with Crippen molar-refractivity contribution >= 4 is 11.6 Å². The molecule has 2 N–H and O–H groups in total. The van der Waals surface area contributed by atoms with E-state index in [1.807, 2.05) is 13.8 Å². The van der Waals surface area contributed by atoms with E-state index < -0.39 is 4.92 Å². The van der Waals surface area contributed by atoms with Crippen LogP contribution >= 0.6 is 0 Å². The van der Waals surface area contributed by atoms with Gasteiger partial charge in [-0.2, -0.15) is 0 Å². The quantitative estimate of drug-likeness (QED) is 0.601. The fourth-order valence-corrected chi connectivity index (χ4v) is 1.76. The third kappa shape index (κ3) is 2.86. The number of aryl methyl sites for hydroxylation is 1. The molecular formula is C11H18N4O3. The molecule has 0 atom stereocenters. The zero-order chi connectivity index (χ0) is 13.7. The van der Waals surface area contributed by atoms with E-state index in [0.29, 0.717) is 31.9 Å². The van der Waals surface area contributed by atoms with Gasteiger partial charge in [0.25, 0.3) is 11.6 Å². The molecule has 0 aromatic carbocycles. The fraction of sp³-hybridized carbons (Fsp3) is 0.545. The molecule has 100 valence electrons. The van der Waals surface area contributed by atoms with Gasteiger partial charge < -0.3 is 15.2 Å². The van der Waals surface area contributed by atoms with Crippen LogP contribution in [0.5, 0.6) is 0 Å². The molecule has 7 heteroatoms. The van der Waals surface area contributed by atoms with Crippen molar-refractivity contribution < 1.29 is 9.72 Å². The minimum absolute atomic E-state index is 0.0657. The molecule has 1 rings (SSSR count). The van der Waals surface area contributed by atoms with Crippen molar-refractivity contribution in [2.24, 2.45) is 5.73 Å². The summed E-state index contributed by atoms with van der Waals surface area (Å²) in [5.41, 5.74) is 5.70. The monoisotopic (exact) mass is 254 g/mol. The number of carbonyl (C=O) groups is 1. The SMILES string of the molecule is CCN(CCN)C(=O)c1cc([N+](=O)[O-])cn1CC. The highest BCUT2D eigenvalue weighted by Gasteiger charge is 2.21. The summed E-state index contributed by atoms with van der Waals surface area (Å²) in [6.07, 6.45) is 1.38. The van der Waals surface area contributed by atoms with E-state index in [1.54, 1.807) is 9.47 Å². The molecule has 0 spiro atoms. The van der Waals surface area contributed by atoms with Crippen LogP contribution in [0.4, 0.5) is 5.69 Å². The fourth-order valence-electron chi connectivity index (χ4n) is 1.76. The Morgan fingerprint density at radius 1 is 1.56 bits per heavy atom. The number of carbonyl (C=O) groups excluding carboxylic acids is 1. The second kappa shape index (κ2) is 6.15. The molecule has 7 nitrogen and oxygen atoms in total. The number of hydrogen-bond acceptors (Lipinski definition) is 4. The van der Waals surface area contributed by atoms with Gasteiger partial charge >= 0.3 is 0 Å². The van der Waals surface area contributed by atoms with Crippen LogP contribution in [0.3, 0.4) is 0 Å². The van der Waals surface area contributed by atoms with Crippen LogP contribution in [0.1, 0.15) is 24.3 Å². The lowest BCUT2D eigenvalue weighted by Crippen LogP contribution is -2.36. The first-order chi connectivity index (χ1) is 8.54. The maximum Gasteiger partial charge on any atom is 0.287 e. The summed E-state index contributed by atoms with van der Waals surface area (Å²) in [7, 11) is 0. The Morgan fingerprint density at radius 3 is 2.67 bits per heavy atom. The van der Waals surface area contributed by atoms with E-state index >= 15 is 0 Å². The zero-order valence-corrected chi connectivity index (χ0v) is 10.6. The van der Waals surface area contributed by atoms with Crippen LogP contribution in [0.25, 0.3) is 0 Å². The molecular weight excluding hydrogens is 236 g/mol. The molecule has 0 saturated carbocycles. The number of nitrogens with zero attached hydrogens (tertiary/aromatic N) is 3. The summed E-state index contributed by atoms with van der Waals surface area (Å²) >= 11 is 0. The minimum Gasteiger partial charge on any atom is -0.337 e. The lowest BCUT2D eigenvalue weighted by Gasteiger charge is -2.20. The van der Waals surface area contributed by atoms with E-state index in [2.05, 4.69) is 0 Å². The van der Waals surface area contributed by atoms with Gasteiger partial charge in [-0.3, -0.25) is 14.9 Å². The number of rotatable bonds is 6. The van der Waals surface area contributed by atoms with Crippen molar-refractivity contribution in [1.29, 1.82) is 0 Å². The van der Waals surface area contributed by atoms with E-state index in [-0.39, 0.29) is 11.6 Å². The predicted octanol–water partition coefficient (Wildman–Crippen LogP) is 0.837. The Labute approximate surface area is 105 Å². The molecule has 1 heterocycles. The van der Waals surface area contributed by atoms with Crippen molar-refractivity contribution in [3.8, 4) is 0 Å². The van der Waals surface area contributed by atoms with Gasteiger partial charge in [0.2, 0.25) is 0 Å². The average molecular weight is 254 g/mol. The molecule has 0 radical (unpaired) electrons. The molecule has 0 aliphatic rings. The Balaban J connectivity index is 3.06. The third-order valence-electron chi connectivity index (χ3n) is 2.72. The minimum atomic E-state index is -0.498. The second-order valence-electron chi connectivity index (χ2n) is 3.80. The largest absolute Gasteiger partial charge is 0.337 e. The van der Waals surface area contributed by atoms with E-state index in [1.165, 1.54) is 12.3 Å². The Bertz CT molecular complexity index is 441. The summed E-state index contributed by atoms with van der Waals surface area (Å²) in [5.74, 6) is -0.224. The summed E-state index contributed by atoms with van der Waals surface area (Å²) in [6.45, 7) is 5.53. The molecule has 1 amide bonds. The zero-order valence-electron chi connectivity index (χ0n) is 10.6. The van der Waals surface area contributed by atoms with Crippen molar-refractivity contribution in [3.63, 3.8) is 0 Å². The summed E-state index contributed by atoms with van der Waals surface area (Å²) < 4.78 is 1.58. The topological polar surface area (TPSA) is 94.4 Å². The van der Waals surface area contributed by atoms with Crippen molar-refractivity contribution in [2.75, 3.05) is 19.6 Å². The van der Waals surface area contributed by atoms with Gasteiger partial charge in [-0.05, 0) is 13.8 Å². The molecule has 0 saturated heterocycles. The van der Waals surface area contributed by atoms with Crippen LogP contribution in [0, 0.1) is 10.1 Å². The first kappa shape index (κ1) is 14.2. The molecule has 1 aromatic rings. The van der Waals surface area contributed by atoms with Gasteiger partial charge in [0.1, 0.15) is 5.69 Å². The number of likely N-dealkylation sites (N-methyl/N-ethyl adjacent to an activating group) is 1. The molecule has 18 heavy (non-hydrogen) atoms. The molecule has 1 aromatic heterocycles. The van der Waals surface area contributed by atoms with Crippen LogP contribution in [-0.4, -0.2) is 39.9 Å². The normalized spacial score (nSPS) is 10.4. The van der Waals surface area contributed by atoms with Crippen molar-refractivity contribution in [2.45, 2.75) is 20.4 Å². The summed E-state index contributed by atoms with van der Waals surface area (Å²) in [6, 6.07) is 1.31. The molecule has 0 unspecified atom stereocenters. The van der Waals surface area contributed by atoms with Crippen LogP contribution < -0.4 is 5.73 Å². The Morgan fingerprint density at radius 2 is 2.22 bits per heavy atom. The summed E-state index contributed by atoms with van der Waals surface area (Å²) in [5, 5.41) is 10.7. The maximum absolute atomic E-state index is 12.2. The average Bonchev–Trinajstić information content (AvgIpc) is 2.79. The van der Waals surface area contributed by atoms with Crippen molar-refractivity contribution in [1.82, 2.24) is 9.47 Å². The van der Waals surface area contributed by atoms with Gasteiger partial charge in [-0.25, -0.2) is 0 Å². The maximum atomic E-state index is 12.2. The third-order valence-corrected chi connectivity index (χ3v) is 2.72. The Hall–Kier alpha value is -1.89. The van der Waals surface area contributed by atoms with Gasteiger partial charge in [0.15, 0.2) is 0 Å². The van der Waals surface area contributed by atoms with Crippen LogP contribution in [0.2, 0.25) is 0 Å². The van der Waals surface area contributed by atoms with E-state index in [0.717, 1.165) is 0 Å². The van der Waals surface area contributed by atoms with Gasteiger partial charge in [-0.1, -0.05) is 0 Å². The molecule has 0 fully saturated rings. The number of aromatic nitrogens is 1. The standard InChI is InChI=1S/C11H18N4O3/c1-3-13(6-5-12)11(16)10-7-9(15(17)18)8-14(10)4-2/h7-8H,3-6,12H2,1-2H3. The smallest absolute Gasteiger partial charge is 0.287 e. The number of hydrogen-bond donors (Lipinski definition) is 1. The van der Waals surface area contributed by atoms with Gasteiger partial charge in [-0.15, -0.1) is 0 Å². The highest BCUT2D eigenvalue weighted by molar-refractivity contribution is 5.93. The first-order valence-corrected chi connectivity index (χ1v) is 5.89. The molecule has 0 bridgehead atoms. The summed E-state index contributed by atoms with van der Waals surface area (Å²) in [4.78, 5) is 24.0. The first-order valence-electron chi connectivity index (χ1n) is 5.89. The van der Waals surface area contributed by atoms with E-state index in [9.17, 15) is 14.9 Å². The van der Waals surface area contributed by atoms with Gasteiger partial charge in [0.05, 0.1) is 11.1 Å². The van der Waals surface area contributed by atoms with Crippen molar-refractivity contribution in [3.05, 3.63) is 28.1 Å².